The fraction of sp³-hybridized carbons (Fsp3) is 0.467. The molecule has 0 aliphatic rings. The summed E-state index contributed by atoms with van der Waals surface area (Å²) in [5, 5.41) is 14.3. The number of rotatable bonds is 8. The Morgan fingerprint density at radius 2 is 2.05 bits per heavy atom. The lowest BCUT2D eigenvalue weighted by Gasteiger charge is -2.09. The Bertz CT molecular complexity index is 470. The van der Waals surface area contributed by atoms with Gasteiger partial charge in [0, 0.05) is 12.1 Å². The molecule has 0 bridgehead atoms. The molecule has 116 valence electrons. The quantitative estimate of drug-likeness (QED) is 0.223. The third-order valence-electron chi connectivity index (χ3n) is 2.91. The number of oxime groups is 1. The van der Waals surface area contributed by atoms with Gasteiger partial charge in [0.2, 0.25) is 0 Å². The molecule has 21 heavy (non-hydrogen) atoms. The van der Waals surface area contributed by atoms with Gasteiger partial charge in [-0.1, -0.05) is 19.0 Å². The summed E-state index contributed by atoms with van der Waals surface area (Å²) in [6.07, 6.45) is 2.06. The molecule has 0 aliphatic carbocycles. The Morgan fingerprint density at radius 1 is 1.38 bits per heavy atom. The van der Waals surface area contributed by atoms with E-state index in [2.05, 4.69) is 24.3 Å². The van der Waals surface area contributed by atoms with E-state index in [0.717, 1.165) is 12.8 Å². The molecule has 0 atom stereocenters. The lowest BCUT2D eigenvalue weighted by atomic mass is 10.1. The van der Waals surface area contributed by atoms with Crippen molar-refractivity contribution in [3.8, 4) is 5.75 Å². The molecule has 0 aliphatic heterocycles. The minimum absolute atomic E-state index is 0.0232. The van der Waals surface area contributed by atoms with E-state index >= 15 is 0 Å². The van der Waals surface area contributed by atoms with E-state index in [1.54, 1.807) is 24.3 Å². The molecule has 1 aromatic rings. The van der Waals surface area contributed by atoms with Crippen molar-refractivity contribution < 1.29 is 14.7 Å². The predicted octanol–water partition coefficient (Wildman–Crippen LogP) is 1.71. The van der Waals surface area contributed by atoms with Crippen molar-refractivity contribution in [1.82, 2.24) is 5.32 Å². The van der Waals surface area contributed by atoms with Gasteiger partial charge in [-0.05, 0) is 43.0 Å². The van der Waals surface area contributed by atoms with Crippen LogP contribution in [0.3, 0.4) is 0 Å². The third kappa shape index (κ3) is 6.65. The highest BCUT2D eigenvalue weighted by molar-refractivity contribution is 5.97. The number of amides is 1. The number of hydrogen-bond acceptors (Lipinski definition) is 4. The number of amidine groups is 1. The average Bonchev–Trinajstić information content (AvgIpc) is 2.49. The van der Waals surface area contributed by atoms with E-state index in [1.165, 1.54) is 0 Å². The van der Waals surface area contributed by atoms with Gasteiger partial charge >= 0.3 is 0 Å². The van der Waals surface area contributed by atoms with Crippen molar-refractivity contribution in [2.75, 3.05) is 13.2 Å². The van der Waals surface area contributed by atoms with Crippen LogP contribution < -0.4 is 15.8 Å². The second kappa shape index (κ2) is 8.84. The van der Waals surface area contributed by atoms with Crippen LogP contribution in [0.5, 0.6) is 5.75 Å². The molecule has 0 fully saturated rings. The molecule has 0 radical (unpaired) electrons. The zero-order valence-electron chi connectivity index (χ0n) is 12.5. The van der Waals surface area contributed by atoms with Crippen LogP contribution in [0.4, 0.5) is 0 Å². The van der Waals surface area contributed by atoms with Crippen LogP contribution in [0.15, 0.2) is 29.4 Å². The first-order valence-corrected chi connectivity index (χ1v) is 7.00. The normalized spacial score (nSPS) is 11.5. The van der Waals surface area contributed by atoms with Gasteiger partial charge in [-0.3, -0.25) is 4.79 Å². The minimum atomic E-state index is -0.140. The summed E-state index contributed by atoms with van der Waals surface area (Å²) in [5.74, 6) is 1.09. The second-order valence-corrected chi connectivity index (χ2v) is 5.18. The van der Waals surface area contributed by atoms with E-state index in [-0.39, 0.29) is 18.3 Å². The van der Waals surface area contributed by atoms with Gasteiger partial charge in [-0.2, -0.15) is 0 Å². The van der Waals surface area contributed by atoms with Gasteiger partial charge in [0.05, 0.1) is 0 Å². The molecule has 0 aromatic heterocycles. The van der Waals surface area contributed by atoms with Crippen LogP contribution >= 0.6 is 0 Å². The number of nitrogens with two attached hydrogens (primary N) is 1. The SMILES string of the molecule is CC(C)CCCNC(=O)COc1ccc(C(N)=NO)cc1. The van der Waals surface area contributed by atoms with Crippen LogP contribution in [0.1, 0.15) is 32.3 Å². The standard InChI is InChI=1S/C15H23N3O3/c1-11(2)4-3-9-17-14(19)10-21-13-7-5-12(6-8-13)15(16)18-20/h5-8,11,20H,3-4,9-10H2,1-2H3,(H2,16,18)(H,17,19). The lowest BCUT2D eigenvalue weighted by molar-refractivity contribution is -0.123. The average molecular weight is 293 g/mol. The lowest BCUT2D eigenvalue weighted by Crippen LogP contribution is -2.29. The first kappa shape index (κ1) is 16.8. The van der Waals surface area contributed by atoms with Gasteiger partial charge in [-0.25, -0.2) is 0 Å². The zero-order chi connectivity index (χ0) is 15.7. The highest BCUT2D eigenvalue weighted by Crippen LogP contribution is 2.11. The van der Waals surface area contributed by atoms with Gasteiger partial charge in [0.1, 0.15) is 5.75 Å². The number of carbonyl (C=O) groups is 1. The van der Waals surface area contributed by atoms with Crippen LogP contribution in [0.25, 0.3) is 0 Å². The zero-order valence-corrected chi connectivity index (χ0v) is 12.5. The van der Waals surface area contributed by atoms with E-state index in [1.807, 2.05) is 0 Å². The largest absolute Gasteiger partial charge is 0.484 e. The predicted molar refractivity (Wildman–Crippen MR) is 81.5 cm³/mol. The Morgan fingerprint density at radius 3 is 2.62 bits per heavy atom. The number of benzene rings is 1. The van der Waals surface area contributed by atoms with Crippen LogP contribution in [-0.4, -0.2) is 30.1 Å². The van der Waals surface area contributed by atoms with Gasteiger partial charge < -0.3 is 21.0 Å². The second-order valence-electron chi connectivity index (χ2n) is 5.18. The maximum absolute atomic E-state index is 11.6. The Balaban J connectivity index is 2.30. The van der Waals surface area contributed by atoms with Crippen molar-refractivity contribution in [2.45, 2.75) is 26.7 Å². The molecule has 1 aromatic carbocycles. The molecule has 4 N–H and O–H groups in total. The van der Waals surface area contributed by atoms with Gasteiger partial charge in [0.15, 0.2) is 12.4 Å². The van der Waals surface area contributed by atoms with Crippen molar-refractivity contribution in [1.29, 1.82) is 0 Å². The molecular weight excluding hydrogens is 270 g/mol. The molecule has 0 saturated carbocycles. The fourth-order valence-electron chi connectivity index (χ4n) is 1.72. The summed E-state index contributed by atoms with van der Waals surface area (Å²) in [7, 11) is 0. The highest BCUT2D eigenvalue weighted by atomic mass is 16.5. The Hall–Kier alpha value is -2.24. The maximum Gasteiger partial charge on any atom is 0.257 e. The number of nitrogens with zero attached hydrogens (tertiary/aromatic N) is 1. The molecule has 0 unspecified atom stereocenters. The third-order valence-corrected chi connectivity index (χ3v) is 2.91. The molecule has 6 nitrogen and oxygen atoms in total. The van der Waals surface area contributed by atoms with E-state index in [0.29, 0.717) is 23.8 Å². The van der Waals surface area contributed by atoms with E-state index in [4.69, 9.17) is 15.7 Å². The molecule has 1 rings (SSSR count). The molecule has 0 saturated heterocycles. The van der Waals surface area contributed by atoms with Crippen LogP contribution in [0.2, 0.25) is 0 Å². The summed E-state index contributed by atoms with van der Waals surface area (Å²) in [4.78, 5) is 11.6. The molecular formula is C15H23N3O3. The summed E-state index contributed by atoms with van der Waals surface area (Å²) in [6, 6.07) is 6.65. The summed E-state index contributed by atoms with van der Waals surface area (Å²) < 4.78 is 5.36. The number of ether oxygens (including phenoxy) is 1. The first-order chi connectivity index (χ1) is 10.0. The number of hydrogen-bond donors (Lipinski definition) is 3. The Labute approximate surface area is 125 Å². The van der Waals surface area contributed by atoms with Crippen LogP contribution in [0, 0.1) is 5.92 Å². The smallest absolute Gasteiger partial charge is 0.257 e. The van der Waals surface area contributed by atoms with E-state index in [9.17, 15) is 4.79 Å². The number of nitrogens with one attached hydrogen (secondary N) is 1. The molecule has 6 heteroatoms. The monoisotopic (exact) mass is 293 g/mol. The number of carbonyl (C=O) groups excluding carboxylic acids is 1. The van der Waals surface area contributed by atoms with Crippen molar-refractivity contribution >= 4 is 11.7 Å². The summed E-state index contributed by atoms with van der Waals surface area (Å²) in [6.45, 7) is 4.96. The molecule has 1 amide bonds. The minimum Gasteiger partial charge on any atom is -0.484 e. The maximum atomic E-state index is 11.6. The van der Waals surface area contributed by atoms with E-state index < -0.39 is 0 Å². The van der Waals surface area contributed by atoms with Crippen molar-refractivity contribution in [2.24, 2.45) is 16.8 Å². The Kier molecular flexibility index (Phi) is 7.08. The highest BCUT2D eigenvalue weighted by Gasteiger charge is 2.04. The summed E-state index contributed by atoms with van der Waals surface area (Å²) in [5.41, 5.74) is 6.04. The van der Waals surface area contributed by atoms with Gasteiger partial charge in [-0.15, -0.1) is 0 Å². The van der Waals surface area contributed by atoms with Crippen LogP contribution in [-0.2, 0) is 4.79 Å². The van der Waals surface area contributed by atoms with Crippen molar-refractivity contribution in [3.05, 3.63) is 29.8 Å². The van der Waals surface area contributed by atoms with Crippen molar-refractivity contribution in [3.63, 3.8) is 0 Å². The topological polar surface area (TPSA) is 96.9 Å². The van der Waals surface area contributed by atoms with Gasteiger partial charge in [0.25, 0.3) is 5.91 Å². The summed E-state index contributed by atoms with van der Waals surface area (Å²) >= 11 is 0. The first-order valence-electron chi connectivity index (χ1n) is 7.00. The molecule has 0 heterocycles. The fourth-order valence-corrected chi connectivity index (χ4v) is 1.72. The molecule has 0 spiro atoms.